The first-order valence-corrected chi connectivity index (χ1v) is 6.43. The molecule has 2 aromatic rings. The van der Waals surface area contributed by atoms with E-state index in [4.69, 9.17) is 11.6 Å². The van der Waals surface area contributed by atoms with Gasteiger partial charge in [-0.1, -0.05) is 23.7 Å². The number of thiazole rings is 1. The number of hydrogen-bond acceptors (Lipinski definition) is 3. The number of aromatic nitrogens is 1. The van der Waals surface area contributed by atoms with Crippen molar-refractivity contribution in [2.45, 2.75) is 19.5 Å². The Kier molecular flexibility index (Phi) is 3.93. The molecule has 1 N–H and O–H groups in total. The van der Waals surface area contributed by atoms with Crippen molar-refractivity contribution in [2.75, 3.05) is 0 Å². The van der Waals surface area contributed by atoms with Gasteiger partial charge in [-0.15, -0.1) is 11.3 Å². The number of nitrogens with zero attached hydrogens (tertiary/aromatic N) is 1. The van der Waals surface area contributed by atoms with Crippen LogP contribution in [-0.2, 0) is 6.54 Å². The summed E-state index contributed by atoms with van der Waals surface area (Å²) in [6.07, 6.45) is 0. The zero-order valence-electron chi connectivity index (χ0n) is 8.98. The second-order valence-electron chi connectivity index (χ2n) is 3.63. The molecule has 0 amide bonds. The predicted octanol–water partition coefficient (Wildman–Crippen LogP) is 3.65. The molecule has 0 saturated carbocycles. The number of halogens is 1. The maximum atomic E-state index is 5.85. The topological polar surface area (TPSA) is 24.9 Å². The SMILES string of the molecule is C[C@@H](NCc1cscn1)c1ccc(Cl)cc1. The van der Waals surface area contributed by atoms with E-state index in [2.05, 4.69) is 22.6 Å². The molecule has 16 heavy (non-hydrogen) atoms. The summed E-state index contributed by atoms with van der Waals surface area (Å²) in [7, 11) is 0. The third-order valence-corrected chi connectivity index (χ3v) is 3.33. The van der Waals surface area contributed by atoms with Gasteiger partial charge in [0.05, 0.1) is 11.2 Å². The van der Waals surface area contributed by atoms with Crippen LogP contribution in [0.1, 0.15) is 24.2 Å². The highest BCUT2D eigenvalue weighted by Crippen LogP contribution is 2.16. The van der Waals surface area contributed by atoms with Gasteiger partial charge in [-0.3, -0.25) is 0 Å². The van der Waals surface area contributed by atoms with Crippen LogP contribution >= 0.6 is 22.9 Å². The Hall–Kier alpha value is -0.900. The van der Waals surface area contributed by atoms with Crippen molar-refractivity contribution in [3.63, 3.8) is 0 Å². The van der Waals surface area contributed by atoms with Crippen LogP contribution in [0.3, 0.4) is 0 Å². The van der Waals surface area contributed by atoms with Crippen molar-refractivity contribution in [1.82, 2.24) is 10.3 Å². The molecule has 0 fully saturated rings. The van der Waals surface area contributed by atoms with Crippen molar-refractivity contribution in [3.8, 4) is 0 Å². The van der Waals surface area contributed by atoms with Crippen LogP contribution in [0.25, 0.3) is 0 Å². The molecular weight excluding hydrogens is 240 g/mol. The van der Waals surface area contributed by atoms with Crippen molar-refractivity contribution in [1.29, 1.82) is 0 Å². The van der Waals surface area contributed by atoms with Gasteiger partial charge in [0.1, 0.15) is 0 Å². The first kappa shape index (κ1) is 11.6. The quantitative estimate of drug-likeness (QED) is 0.899. The van der Waals surface area contributed by atoms with Crippen LogP contribution in [0, 0.1) is 0 Å². The molecule has 1 atom stereocenters. The van der Waals surface area contributed by atoms with Gasteiger partial charge in [-0.2, -0.15) is 0 Å². The largest absolute Gasteiger partial charge is 0.305 e. The summed E-state index contributed by atoms with van der Waals surface area (Å²) in [6, 6.07) is 8.22. The molecule has 0 aliphatic rings. The highest BCUT2D eigenvalue weighted by atomic mass is 35.5. The highest BCUT2D eigenvalue weighted by Gasteiger charge is 2.04. The normalized spacial score (nSPS) is 12.6. The molecule has 4 heteroatoms. The second kappa shape index (κ2) is 5.43. The summed E-state index contributed by atoms with van der Waals surface area (Å²) in [4.78, 5) is 4.23. The van der Waals surface area contributed by atoms with Gasteiger partial charge in [-0.05, 0) is 24.6 Å². The molecule has 0 radical (unpaired) electrons. The highest BCUT2D eigenvalue weighted by molar-refractivity contribution is 7.07. The molecule has 0 unspecified atom stereocenters. The first-order chi connectivity index (χ1) is 7.75. The van der Waals surface area contributed by atoms with Gasteiger partial charge >= 0.3 is 0 Å². The fraction of sp³-hybridized carbons (Fsp3) is 0.250. The summed E-state index contributed by atoms with van der Waals surface area (Å²) < 4.78 is 0. The zero-order valence-corrected chi connectivity index (χ0v) is 10.6. The van der Waals surface area contributed by atoms with Crippen molar-refractivity contribution >= 4 is 22.9 Å². The Labute approximate surface area is 104 Å². The minimum absolute atomic E-state index is 0.305. The van der Waals surface area contributed by atoms with E-state index in [0.717, 1.165) is 17.3 Å². The third-order valence-electron chi connectivity index (χ3n) is 2.44. The Morgan fingerprint density at radius 3 is 2.75 bits per heavy atom. The van der Waals surface area contributed by atoms with Gasteiger partial charge in [0, 0.05) is 23.0 Å². The number of hydrogen-bond donors (Lipinski definition) is 1. The fourth-order valence-electron chi connectivity index (χ4n) is 1.45. The van der Waals surface area contributed by atoms with Crippen LogP contribution in [0.15, 0.2) is 35.2 Å². The van der Waals surface area contributed by atoms with Gasteiger partial charge in [0.15, 0.2) is 0 Å². The van der Waals surface area contributed by atoms with E-state index in [1.165, 1.54) is 5.56 Å². The van der Waals surface area contributed by atoms with Gasteiger partial charge in [0.2, 0.25) is 0 Å². The Morgan fingerprint density at radius 1 is 1.38 bits per heavy atom. The molecular formula is C12H13ClN2S. The minimum atomic E-state index is 0.305. The van der Waals surface area contributed by atoms with E-state index in [-0.39, 0.29) is 0 Å². The lowest BCUT2D eigenvalue weighted by atomic mass is 10.1. The van der Waals surface area contributed by atoms with Crippen molar-refractivity contribution < 1.29 is 0 Å². The summed E-state index contributed by atoms with van der Waals surface area (Å²) >= 11 is 7.47. The van der Waals surface area contributed by atoms with Crippen molar-refractivity contribution in [2.24, 2.45) is 0 Å². The van der Waals surface area contributed by atoms with Gasteiger partial charge < -0.3 is 5.32 Å². The first-order valence-electron chi connectivity index (χ1n) is 5.11. The molecule has 0 saturated heterocycles. The smallest absolute Gasteiger partial charge is 0.0795 e. The van der Waals surface area contributed by atoms with E-state index in [0.29, 0.717) is 6.04 Å². The van der Waals surface area contributed by atoms with E-state index in [9.17, 15) is 0 Å². The number of rotatable bonds is 4. The fourth-order valence-corrected chi connectivity index (χ4v) is 2.14. The molecule has 0 bridgehead atoms. The summed E-state index contributed by atoms with van der Waals surface area (Å²) in [5, 5.41) is 6.25. The molecule has 2 nitrogen and oxygen atoms in total. The summed E-state index contributed by atoms with van der Waals surface area (Å²) in [5.41, 5.74) is 4.18. The van der Waals surface area contributed by atoms with Crippen LogP contribution in [0.2, 0.25) is 5.02 Å². The maximum Gasteiger partial charge on any atom is 0.0795 e. The standard InChI is InChI=1S/C12H13ClN2S/c1-9(10-2-4-11(13)5-3-10)14-6-12-7-16-8-15-12/h2-5,7-9,14H,6H2,1H3/t9-/m1/s1. The average molecular weight is 253 g/mol. The summed E-state index contributed by atoms with van der Waals surface area (Å²) in [5.74, 6) is 0. The second-order valence-corrected chi connectivity index (χ2v) is 4.79. The molecule has 0 spiro atoms. The van der Waals surface area contributed by atoms with E-state index in [1.54, 1.807) is 11.3 Å². The number of benzene rings is 1. The molecule has 2 rings (SSSR count). The molecule has 84 valence electrons. The molecule has 0 aliphatic carbocycles. The molecule has 1 heterocycles. The van der Waals surface area contributed by atoms with Crippen LogP contribution in [0.5, 0.6) is 0 Å². The Bertz CT molecular complexity index is 425. The minimum Gasteiger partial charge on any atom is -0.305 e. The average Bonchev–Trinajstić information content (AvgIpc) is 2.80. The Balaban J connectivity index is 1.93. The lowest BCUT2D eigenvalue weighted by molar-refractivity contribution is 0.569. The van der Waals surface area contributed by atoms with E-state index >= 15 is 0 Å². The zero-order chi connectivity index (χ0) is 11.4. The lowest BCUT2D eigenvalue weighted by Crippen LogP contribution is -2.18. The van der Waals surface area contributed by atoms with Crippen LogP contribution in [-0.4, -0.2) is 4.98 Å². The van der Waals surface area contributed by atoms with Gasteiger partial charge in [-0.25, -0.2) is 4.98 Å². The third kappa shape index (κ3) is 3.04. The summed E-state index contributed by atoms with van der Waals surface area (Å²) in [6.45, 7) is 2.93. The van der Waals surface area contributed by atoms with E-state index in [1.807, 2.05) is 29.8 Å². The predicted molar refractivity (Wildman–Crippen MR) is 68.8 cm³/mol. The van der Waals surface area contributed by atoms with Crippen molar-refractivity contribution in [3.05, 3.63) is 51.4 Å². The maximum absolute atomic E-state index is 5.85. The molecule has 0 aliphatic heterocycles. The Morgan fingerprint density at radius 2 is 2.12 bits per heavy atom. The monoisotopic (exact) mass is 252 g/mol. The molecule has 1 aromatic carbocycles. The lowest BCUT2D eigenvalue weighted by Gasteiger charge is -2.13. The van der Waals surface area contributed by atoms with Gasteiger partial charge in [0.25, 0.3) is 0 Å². The molecule has 1 aromatic heterocycles. The van der Waals surface area contributed by atoms with Crippen LogP contribution < -0.4 is 5.32 Å². The van der Waals surface area contributed by atoms with Crippen LogP contribution in [0.4, 0.5) is 0 Å². The van der Waals surface area contributed by atoms with E-state index < -0.39 is 0 Å². The number of nitrogens with one attached hydrogen (secondary N) is 1.